The molecule has 0 aromatic rings. The van der Waals surface area contributed by atoms with E-state index in [9.17, 15) is 0 Å². The lowest BCUT2D eigenvalue weighted by molar-refractivity contribution is 0.395. The van der Waals surface area contributed by atoms with Crippen LogP contribution >= 0.6 is 0 Å². The molecule has 0 aliphatic heterocycles. The van der Waals surface area contributed by atoms with Gasteiger partial charge in [-0.3, -0.25) is 0 Å². The van der Waals surface area contributed by atoms with E-state index in [0.717, 1.165) is 0 Å². The Morgan fingerprint density at radius 3 is 1.78 bits per heavy atom. The van der Waals surface area contributed by atoms with Crippen LogP contribution in [-0.4, -0.2) is 0 Å². The molecule has 0 radical (unpaired) electrons. The molecule has 54 valence electrons. The third-order valence-electron chi connectivity index (χ3n) is 2.18. The standard InChI is InChI=1S/C9H18/c1-5-8-9(4,6-2)7-3/h5,8H,6-7H2,1-4H3. The van der Waals surface area contributed by atoms with Crippen molar-refractivity contribution in [3.63, 3.8) is 0 Å². The zero-order valence-corrected chi connectivity index (χ0v) is 7.07. The lowest BCUT2D eigenvalue weighted by Crippen LogP contribution is -2.08. The molecule has 0 saturated carbocycles. The van der Waals surface area contributed by atoms with Gasteiger partial charge in [-0.2, -0.15) is 0 Å². The third-order valence-corrected chi connectivity index (χ3v) is 2.18. The molecule has 9 heavy (non-hydrogen) atoms. The van der Waals surface area contributed by atoms with Crippen LogP contribution in [0.4, 0.5) is 0 Å². The lowest BCUT2D eigenvalue weighted by Gasteiger charge is -2.21. The number of allylic oxidation sites excluding steroid dienone is 2. The second kappa shape index (κ2) is 3.71. The van der Waals surface area contributed by atoms with Gasteiger partial charge < -0.3 is 0 Å². The molecule has 0 bridgehead atoms. The first-order valence-electron chi connectivity index (χ1n) is 3.82. The summed E-state index contributed by atoms with van der Waals surface area (Å²) in [6.07, 6.45) is 6.93. The molecule has 0 aliphatic rings. The second-order valence-corrected chi connectivity index (χ2v) is 2.86. The van der Waals surface area contributed by atoms with E-state index in [-0.39, 0.29) is 0 Å². The monoisotopic (exact) mass is 126 g/mol. The van der Waals surface area contributed by atoms with Crippen molar-refractivity contribution in [1.29, 1.82) is 0 Å². The van der Waals surface area contributed by atoms with Crippen molar-refractivity contribution >= 4 is 0 Å². The van der Waals surface area contributed by atoms with E-state index in [1.165, 1.54) is 12.8 Å². The van der Waals surface area contributed by atoms with Crippen molar-refractivity contribution in [2.24, 2.45) is 5.41 Å². The van der Waals surface area contributed by atoms with Crippen molar-refractivity contribution in [3.05, 3.63) is 12.2 Å². The molecule has 0 nitrogen and oxygen atoms in total. The highest BCUT2D eigenvalue weighted by Gasteiger charge is 2.13. The molecule has 0 spiro atoms. The van der Waals surface area contributed by atoms with Gasteiger partial charge in [0, 0.05) is 0 Å². The van der Waals surface area contributed by atoms with Crippen LogP contribution in [-0.2, 0) is 0 Å². The normalized spacial score (nSPS) is 12.9. The van der Waals surface area contributed by atoms with Gasteiger partial charge in [0.1, 0.15) is 0 Å². The quantitative estimate of drug-likeness (QED) is 0.508. The zero-order valence-electron chi connectivity index (χ0n) is 7.07. The SMILES string of the molecule is CC=CC(C)(CC)CC. The summed E-state index contributed by atoms with van der Waals surface area (Å²) >= 11 is 0. The molecule has 0 heteroatoms. The van der Waals surface area contributed by atoms with Crippen molar-refractivity contribution < 1.29 is 0 Å². The number of rotatable bonds is 3. The summed E-state index contributed by atoms with van der Waals surface area (Å²) in [5, 5.41) is 0. The predicted molar refractivity (Wildman–Crippen MR) is 43.5 cm³/mol. The predicted octanol–water partition coefficient (Wildman–Crippen LogP) is 3.39. The number of hydrogen-bond acceptors (Lipinski definition) is 0. The fourth-order valence-corrected chi connectivity index (χ4v) is 0.888. The summed E-state index contributed by atoms with van der Waals surface area (Å²) in [5.41, 5.74) is 0.453. The largest absolute Gasteiger partial charge is 0.0911 e. The maximum atomic E-state index is 2.30. The average Bonchev–Trinajstić information content (AvgIpc) is 1.89. The summed E-state index contributed by atoms with van der Waals surface area (Å²) in [5.74, 6) is 0. The Labute approximate surface area is 59.0 Å². The third kappa shape index (κ3) is 2.69. The van der Waals surface area contributed by atoms with E-state index in [0.29, 0.717) is 5.41 Å². The Kier molecular flexibility index (Phi) is 3.60. The molecule has 0 aromatic heterocycles. The molecule has 0 fully saturated rings. The summed E-state index contributed by atoms with van der Waals surface area (Å²) in [6, 6.07) is 0. The van der Waals surface area contributed by atoms with Gasteiger partial charge in [-0.25, -0.2) is 0 Å². The molecule has 0 N–H and O–H groups in total. The van der Waals surface area contributed by atoms with Gasteiger partial charge in [0.25, 0.3) is 0 Å². The van der Waals surface area contributed by atoms with Crippen LogP contribution < -0.4 is 0 Å². The summed E-state index contributed by atoms with van der Waals surface area (Å²) in [7, 11) is 0. The van der Waals surface area contributed by atoms with Crippen LogP contribution in [0.1, 0.15) is 40.5 Å². The molecular weight excluding hydrogens is 108 g/mol. The van der Waals surface area contributed by atoms with Gasteiger partial charge in [0.05, 0.1) is 0 Å². The maximum absolute atomic E-state index is 2.30. The van der Waals surface area contributed by atoms with Crippen molar-refractivity contribution in [2.45, 2.75) is 40.5 Å². The second-order valence-electron chi connectivity index (χ2n) is 2.86. The minimum absolute atomic E-state index is 0.453. The summed E-state index contributed by atoms with van der Waals surface area (Å²) in [4.78, 5) is 0. The fourth-order valence-electron chi connectivity index (χ4n) is 0.888. The smallest absolute Gasteiger partial charge is 0.0152 e. The van der Waals surface area contributed by atoms with E-state index in [2.05, 4.69) is 39.8 Å². The van der Waals surface area contributed by atoms with Crippen molar-refractivity contribution in [2.75, 3.05) is 0 Å². The minimum atomic E-state index is 0.453. The highest BCUT2D eigenvalue weighted by Crippen LogP contribution is 2.26. The first-order chi connectivity index (χ1) is 4.18. The van der Waals surface area contributed by atoms with Gasteiger partial charge in [-0.15, -0.1) is 0 Å². The Bertz CT molecular complexity index is 86.2. The van der Waals surface area contributed by atoms with Gasteiger partial charge in [0.15, 0.2) is 0 Å². The average molecular weight is 126 g/mol. The molecule has 0 unspecified atom stereocenters. The number of hydrogen-bond donors (Lipinski definition) is 0. The van der Waals surface area contributed by atoms with Crippen LogP contribution in [0.25, 0.3) is 0 Å². The Balaban J connectivity index is 3.92. The van der Waals surface area contributed by atoms with Crippen LogP contribution in [0.5, 0.6) is 0 Å². The van der Waals surface area contributed by atoms with Crippen LogP contribution in [0.3, 0.4) is 0 Å². The minimum Gasteiger partial charge on any atom is -0.0911 e. The van der Waals surface area contributed by atoms with E-state index in [1.54, 1.807) is 0 Å². The van der Waals surface area contributed by atoms with Crippen LogP contribution in [0, 0.1) is 5.41 Å². The molecule has 0 aliphatic carbocycles. The molecule has 0 aromatic carbocycles. The first kappa shape index (κ1) is 8.74. The maximum Gasteiger partial charge on any atom is -0.0152 e. The molecule has 0 saturated heterocycles. The Morgan fingerprint density at radius 2 is 1.67 bits per heavy atom. The Hall–Kier alpha value is -0.260. The van der Waals surface area contributed by atoms with Gasteiger partial charge in [-0.1, -0.05) is 32.9 Å². The van der Waals surface area contributed by atoms with Gasteiger partial charge in [-0.05, 0) is 25.2 Å². The van der Waals surface area contributed by atoms with E-state index in [1.807, 2.05) is 0 Å². The van der Waals surface area contributed by atoms with Crippen LogP contribution in [0.15, 0.2) is 12.2 Å². The van der Waals surface area contributed by atoms with E-state index < -0.39 is 0 Å². The van der Waals surface area contributed by atoms with E-state index >= 15 is 0 Å². The van der Waals surface area contributed by atoms with Crippen molar-refractivity contribution in [1.82, 2.24) is 0 Å². The topological polar surface area (TPSA) is 0 Å². The van der Waals surface area contributed by atoms with Gasteiger partial charge >= 0.3 is 0 Å². The summed E-state index contributed by atoms with van der Waals surface area (Å²) < 4.78 is 0. The molecular formula is C9H18. The molecule has 0 heterocycles. The Morgan fingerprint density at radius 1 is 1.22 bits per heavy atom. The van der Waals surface area contributed by atoms with Crippen LogP contribution in [0.2, 0.25) is 0 Å². The van der Waals surface area contributed by atoms with E-state index in [4.69, 9.17) is 0 Å². The molecule has 0 amide bonds. The fraction of sp³-hybridized carbons (Fsp3) is 0.778. The summed E-state index contributed by atoms with van der Waals surface area (Å²) in [6.45, 7) is 8.86. The lowest BCUT2D eigenvalue weighted by atomic mass is 9.84. The van der Waals surface area contributed by atoms with Gasteiger partial charge in [0.2, 0.25) is 0 Å². The highest BCUT2D eigenvalue weighted by atomic mass is 14.2. The zero-order chi connectivity index (χ0) is 7.33. The molecule has 0 rings (SSSR count). The van der Waals surface area contributed by atoms with Crippen molar-refractivity contribution in [3.8, 4) is 0 Å². The highest BCUT2D eigenvalue weighted by molar-refractivity contribution is 4.93. The molecule has 0 atom stereocenters. The first-order valence-corrected chi connectivity index (χ1v) is 3.82.